The number of hydrogen-bond acceptors (Lipinski definition) is 3. The van der Waals surface area contributed by atoms with Gasteiger partial charge >= 0.3 is 12.1 Å². The average Bonchev–Trinajstić information content (AvgIpc) is 2.79. The lowest BCUT2D eigenvalue weighted by atomic mass is 9.96. The van der Waals surface area contributed by atoms with Gasteiger partial charge in [0.15, 0.2) is 0 Å². The topological polar surface area (TPSA) is 66.8 Å². The van der Waals surface area contributed by atoms with Gasteiger partial charge in [-0.25, -0.2) is 13.6 Å². The molecule has 3 unspecified atom stereocenters. The number of carbonyl (C=O) groups is 2. The van der Waals surface area contributed by atoms with Crippen molar-refractivity contribution in [3.63, 3.8) is 0 Å². The molecule has 7 heteroatoms. The zero-order valence-corrected chi connectivity index (χ0v) is 11.0. The minimum Gasteiger partial charge on any atom is -0.481 e. The largest absolute Gasteiger partial charge is 0.481 e. The van der Waals surface area contributed by atoms with Crippen molar-refractivity contribution in [3.8, 4) is 0 Å². The number of carboxylic acids is 1. The van der Waals surface area contributed by atoms with Gasteiger partial charge in [-0.15, -0.1) is 0 Å². The summed E-state index contributed by atoms with van der Waals surface area (Å²) in [5.74, 6) is -6.72. The molecule has 19 heavy (non-hydrogen) atoms. The minimum atomic E-state index is -3.13. The number of piperidine rings is 1. The second-order valence-corrected chi connectivity index (χ2v) is 6.05. The molecule has 1 aliphatic carbocycles. The Hall–Kier alpha value is -1.40. The van der Waals surface area contributed by atoms with Crippen LogP contribution in [-0.2, 0) is 9.53 Å². The molecule has 1 saturated carbocycles. The molecule has 0 radical (unpaired) electrons. The maximum Gasteiger partial charge on any atom is 0.410 e. The van der Waals surface area contributed by atoms with Crippen molar-refractivity contribution in [1.82, 2.24) is 4.90 Å². The SMILES string of the molecule is CC(C)(C)OC(=O)N1CCC(C(=O)O)C2C1C2(F)F. The van der Waals surface area contributed by atoms with Gasteiger partial charge in [0.1, 0.15) is 11.6 Å². The van der Waals surface area contributed by atoms with Crippen LogP contribution in [0.3, 0.4) is 0 Å². The zero-order chi connectivity index (χ0) is 14.6. The number of carboxylic acid groups (broad SMARTS) is 1. The van der Waals surface area contributed by atoms with Crippen LogP contribution in [0.15, 0.2) is 0 Å². The van der Waals surface area contributed by atoms with Gasteiger partial charge in [-0.05, 0) is 27.2 Å². The van der Waals surface area contributed by atoms with Gasteiger partial charge in [-0.2, -0.15) is 0 Å². The van der Waals surface area contributed by atoms with Crippen LogP contribution >= 0.6 is 0 Å². The first kappa shape index (κ1) is 14.0. The van der Waals surface area contributed by atoms with E-state index < -0.39 is 41.5 Å². The smallest absolute Gasteiger partial charge is 0.410 e. The van der Waals surface area contributed by atoms with Crippen LogP contribution in [0.4, 0.5) is 13.6 Å². The lowest BCUT2D eigenvalue weighted by Crippen LogP contribution is -2.44. The molecule has 108 valence electrons. The first-order valence-electron chi connectivity index (χ1n) is 6.16. The molecule has 1 heterocycles. The zero-order valence-electron chi connectivity index (χ0n) is 11.0. The monoisotopic (exact) mass is 277 g/mol. The van der Waals surface area contributed by atoms with Crippen LogP contribution < -0.4 is 0 Å². The normalized spacial score (nSPS) is 32.5. The molecule has 0 aromatic carbocycles. The number of fused-ring (bicyclic) bond motifs is 1. The van der Waals surface area contributed by atoms with Crippen LogP contribution in [0.2, 0.25) is 0 Å². The van der Waals surface area contributed by atoms with Crippen LogP contribution in [-0.4, -0.2) is 46.2 Å². The third-order valence-electron chi connectivity index (χ3n) is 3.47. The summed E-state index contributed by atoms with van der Waals surface area (Å²) in [6.45, 7) is 4.94. The number of nitrogens with zero attached hydrogens (tertiary/aromatic N) is 1. The molecule has 1 N–H and O–H groups in total. The van der Waals surface area contributed by atoms with Crippen molar-refractivity contribution in [1.29, 1.82) is 0 Å². The molecular weight excluding hydrogens is 260 g/mol. The maximum absolute atomic E-state index is 13.6. The molecule has 1 aliphatic heterocycles. The quantitative estimate of drug-likeness (QED) is 0.795. The molecular formula is C12H17F2NO4. The van der Waals surface area contributed by atoms with Crippen molar-refractivity contribution in [2.75, 3.05) is 6.54 Å². The molecule has 2 fully saturated rings. The van der Waals surface area contributed by atoms with Crippen LogP contribution in [0.5, 0.6) is 0 Å². The Balaban J connectivity index is 2.11. The van der Waals surface area contributed by atoms with E-state index in [1.54, 1.807) is 20.8 Å². The molecule has 3 atom stereocenters. The van der Waals surface area contributed by atoms with Gasteiger partial charge in [0, 0.05) is 6.54 Å². The predicted octanol–water partition coefficient (Wildman–Crippen LogP) is 1.96. The second-order valence-electron chi connectivity index (χ2n) is 6.05. The summed E-state index contributed by atoms with van der Waals surface area (Å²) in [6.07, 6.45) is -0.769. The van der Waals surface area contributed by atoms with Crippen LogP contribution in [0, 0.1) is 11.8 Å². The Kier molecular flexibility index (Phi) is 2.98. The van der Waals surface area contributed by atoms with Crippen molar-refractivity contribution >= 4 is 12.1 Å². The number of halogens is 2. The molecule has 0 aromatic heterocycles. The highest BCUT2D eigenvalue weighted by molar-refractivity contribution is 5.75. The maximum atomic E-state index is 13.6. The van der Waals surface area contributed by atoms with Crippen LogP contribution in [0.25, 0.3) is 0 Å². The molecule has 0 spiro atoms. The summed E-state index contributed by atoms with van der Waals surface area (Å²) >= 11 is 0. The Morgan fingerprint density at radius 2 is 1.95 bits per heavy atom. The average molecular weight is 277 g/mol. The fourth-order valence-electron chi connectivity index (χ4n) is 2.62. The van der Waals surface area contributed by atoms with Crippen molar-refractivity contribution < 1.29 is 28.2 Å². The standard InChI is InChI=1S/C12H17F2NO4/c1-11(2,3)19-10(18)15-5-4-6(9(16)17)7-8(15)12(7,13)14/h6-8H,4-5H2,1-3H3,(H,16,17). The van der Waals surface area contributed by atoms with Gasteiger partial charge in [-0.1, -0.05) is 0 Å². The summed E-state index contributed by atoms with van der Waals surface area (Å²) in [4.78, 5) is 23.7. The summed E-state index contributed by atoms with van der Waals surface area (Å²) < 4.78 is 32.4. The van der Waals surface area contributed by atoms with E-state index in [1.165, 1.54) is 0 Å². The van der Waals surface area contributed by atoms with E-state index in [-0.39, 0.29) is 13.0 Å². The van der Waals surface area contributed by atoms with Crippen molar-refractivity contribution in [3.05, 3.63) is 0 Å². The first-order chi connectivity index (χ1) is 8.55. The first-order valence-corrected chi connectivity index (χ1v) is 6.16. The summed E-state index contributed by atoms with van der Waals surface area (Å²) in [7, 11) is 0. The van der Waals surface area contributed by atoms with E-state index in [1.807, 2.05) is 0 Å². The molecule has 0 aromatic rings. The Bertz CT molecular complexity index is 418. The van der Waals surface area contributed by atoms with Gasteiger partial charge in [-0.3, -0.25) is 9.69 Å². The number of amides is 1. The fraction of sp³-hybridized carbons (Fsp3) is 0.833. The lowest BCUT2D eigenvalue weighted by molar-refractivity contribution is -0.144. The van der Waals surface area contributed by atoms with Crippen molar-refractivity contribution in [2.45, 2.75) is 44.8 Å². The predicted molar refractivity (Wildman–Crippen MR) is 60.9 cm³/mol. The highest BCUT2D eigenvalue weighted by Gasteiger charge is 2.77. The van der Waals surface area contributed by atoms with Gasteiger partial charge in [0.2, 0.25) is 0 Å². The Morgan fingerprint density at radius 1 is 1.37 bits per heavy atom. The van der Waals surface area contributed by atoms with E-state index in [9.17, 15) is 18.4 Å². The fourth-order valence-corrected chi connectivity index (χ4v) is 2.62. The van der Waals surface area contributed by atoms with E-state index >= 15 is 0 Å². The lowest BCUT2D eigenvalue weighted by Gasteiger charge is -2.30. The van der Waals surface area contributed by atoms with Gasteiger partial charge < -0.3 is 9.84 Å². The van der Waals surface area contributed by atoms with Crippen molar-refractivity contribution in [2.24, 2.45) is 11.8 Å². The number of rotatable bonds is 1. The molecule has 1 amide bonds. The van der Waals surface area contributed by atoms with E-state index in [4.69, 9.17) is 9.84 Å². The van der Waals surface area contributed by atoms with E-state index in [0.29, 0.717) is 0 Å². The third-order valence-corrected chi connectivity index (χ3v) is 3.47. The highest BCUT2D eigenvalue weighted by Crippen LogP contribution is 2.59. The van der Waals surface area contributed by atoms with E-state index in [2.05, 4.69) is 0 Å². The molecule has 2 rings (SSSR count). The van der Waals surface area contributed by atoms with Gasteiger partial charge in [0.25, 0.3) is 5.92 Å². The number of likely N-dealkylation sites (tertiary alicyclic amines) is 1. The molecule has 0 bridgehead atoms. The van der Waals surface area contributed by atoms with Crippen LogP contribution in [0.1, 0.15) is 27.2 Å². The summed E-state index contributed by atoms with van der Waals surface area (Å²) in [5.41, 5.74) is -0.763. The minimum absolute atomic E-state index is 0.0113. The summed E-state index contributed by atoms with van der Waals surface area (Å²) in [6, 6.07) is -1.34. The number of hydrogen-bond donors (Lipinski definition) is 1. The molecule has 1 saturated heterocycles. The number of alkyl halides is 2. The number of ether oxygens (including phenoxy) is 1. The summed E-state index contributed by atoms with van der Waals surface area (Å²) in [5, 5.41) is 8.91. The van der Waals surface area contributed by atoms with Gasteiger partial charge in [0.05, 0.1) is 11.8 Å². The number of aliphatic carboxylic acids is 1. The second kappa shape index (κ2) is 4.05. The Labute approximate surface area is 109 Å². The number of carbonyl (C=O) groups excluding carboxylic acids is 1. The highest BCUT2D eigenvalue weighted by atomic mass is 19.3. The Morgan fingerprint density at radius 3 is 2.42 bits per heavy atom. The molecule has 5 nitrogen and oxygen atoms in total. The molecule has 2 aliphatic rings. The van der Waals surface area contributed by atoms with E-state index in [0.717, 1.165) is 4.90 Å². The third kappa shape index (κ3) is 2.37.